The molecule has 0 spiro atoms. The molecule has 0 bridgehead atoms. The van der Waals surface area contributed by atoms with E-state index in [4.69, 9.17) is 23.8 Å². The minimum Gasteiger partial charge on any atom is -0.332 e. The number of nitrogens with one attached hydrogen (secondary N) is 3. The van der Waals surface area contributed by atoms with Crippen LogP contribution in [0.1, 0.15) is 16.4 Å². The van der Waals surface area contributed by atoms with E-state index in [0.29, 0.717) is 15.8 Å². The highest BCUT2D eigenvalue weighted by Crippen LogP contribution is 2.37. The Labute approximate surface area is 220 Å². The summed E-state index contributed by atoms with van der Waals surface area (Å²) >= 11 is 13.2. The Morgan fingerprint density at radius 2 is 1.43 bits per heavy atom. The summed E-state index contributed by atoms with van der Waals surface area (Å²) in [6, 6.07) is 32.8. The molecule has 4 aromatic rings. The lowest BCUT2D eigenvalue weighted by Gasteiger charge is -2.19. The molecule has 0 saturated heterocycles. The van der Waals surface area contributed by atoms with Crippen LogP contribution < -0.4 is 16.0 Å². The second kappa shape index (κ2) is 11.9. The van der Waals surface area contributed by atoms with Gasteiger partial charge in [0.15, 0.2) is 5.11 Å². The van der Waals surface area contributed by atoms with Crippen molar-refractivity contribution in [2.45, 2.75) is 17.1 Å². The number of amides is 1. The van der Waals surface area contributed by atoms with Crippen molar-refractivity contribution in [3.63, 3.8) is 0 Å². The number of carbonyl (C=O) groups is 1. The molecule has 0 heterocycles. The van der Waals surface area contributed by atoms with Crippen molar-refractivity contribution in [3.05, 3.63) is 119 Å². The van der Waals surface area contributed by atoms with Crippen LogP contribution in [-0.4, -0.2) is 11.0 Å². The molecule has 0 aliphatic carbocycles. The Kier molecular flexibility index (Phi) is 8.42. The minimum absolute atomic E-state index is 0.119. The highest BCUT2D eigenvalue weighted by Gasteiger charge is 2.23. The topological polar surface area (TPSA) is 53.2 Å². The molecule has 1 unspecified atom stereocenters. The molecule has 4 nitrogen and oxygen atoms in total. The van der Waals surface area contributed by atoms with Gasteiger partial charge in [-0.2, -0.15) is 0 Å². The summed E-state index contributed by atoms with van der Waals surface area (Å²) in [5, 5.41) is 10.1. The van der Waals surface area contributed by atoms with Crippen LogP contribution in [0.5, 0.6) is 0 Å². The molecular weight excluding hydrogens is 494 g/mol. The average molecular weight is 518 g/mol. The Balaban J connectivity index is 1.52. The van der Waals surface area contributed by atoms with E-state index < -0.39 is 5.25 Å². The molecule has 0 fully saturated rings. The third-order valence-electron chi connectivity index (χ3n) is 5.24. The molecule has 0 saturated carbocycles. The Hall–Kier alpha value is -3.32. The highest BCUT2D eigenvalue weighted by molar-refractivity contribution is 8.00. The number of thiocarbonyl (C=S) groups is 1. The first-order valence-electron chi connectivity index (χ1n) is 11.0. The van der Waals surface area contributed by atoms with Gasteiger partial charge in [0, 0.05) is 27.0 Å². The zero-order chi connectivity index (χ0) is 24.6. The molecule has 1 amide bonds. The van der Waals surface area contributed by atoms with Crippen LogP contribution in [0.3, 0.4) is 0 Å². The molecule has 0 aliphatic heterocycles. The fourth-order valence-electron chi connectivity index (χ4n) is 3.44. The minimum atomic E-state index is -0.459. The molecule has 7 heteroatoms. The van der Waals surface area contributed by atoms with Crippen molar-refractivity contribution in [1.82, 2.24) is 0 Å². The molecule has 176 valence electrons. The van der Waals surface area contributed by atoms with Gasteiger partial charge in [-0.05, 0) is 72.7 Å². The van der Waals surface area contributed by atoms with Gasteiger partial charge in [-0.1, -0.05) is 72.3 Å². The van der Waals surface area contributed by atoms with Gasteiger partial charge in [-0.15, -0.1) is 11.8 Å². The summed E-state index contributed by atoms with van der Waals surface area (Å²) in [5.74, 6) is -0.119. The van der Waals surface area contributed by atoms with Crippen molar-refractivity contribution in [3.8, 4) is 0 Å². The summed E-state index contributed by atoms with van der Waals surface area (Å²) in [6.07, 6.45) is 0. The summed E-state index contributed by atoms with van der Waals surface area (Å²) < 4.78 is 0. The molecule has 0 radical (unpaired) electrons. The zero-order valence-corrected chi connectivity index (χ0v) is 21.4. The highest BCUT2D eigenvalue weighted by atomic mass is 35.5. The first-order chi connectivity index (χ1) is 17.0. The second-order valence-electron chi connectivity index (χ2n) is 7.78. The largest absolute Gasteiger partial charge is 0.332 e. The fraction of sp³-hybridized carbons (Fsp3) is 0.0714. The smallest absolute Gasteiger partial charge is 0.242 e. The second-order valence-corrected chi connectivity index (χ2v) is 9.78. The number of anilines is 3. The van der Waals surface area contributed by atoms with Gasteiger partial charge in [-0.3, -0.25) is 4.79 Å². The number of halogens is 1. The number of hydrogen-bond donors (Lipinski definition) is 3. The van der Waals surface area contributed by atoms with Gasteiger partial charge < -0.3 is 16.0 Å². The molecule has 0 aromatic heterocycles. The monoisotopic (exact) mass is 517 g/mol. The van der Waals surface area contributed by atoms with E-state index in [1.807, 2.05) is 110 Å². The third-order valence-corrected chi connectivity index (χ3v) is 7.11. The van der Waals surface area contributed by atoms with Crippen LogP contribution in [0.25, 0.3) is 0 Å². The molecule has 0 aliphatic rings. The number of benzene rings is 4. The Morgan fingerprint density at radius 3 is 2.17 bits per heavy atom. The normalized spacial score (nSPS) is 11.4. The van der Waals surface area contributed by atoms with E-state index in [1.54, 1.807) is 0 Å². The summed E-state index contributed by atoms with van der Waals surface area (Å²) in [4.78, 5) is 14.4. The molecule has 4 aromatic carbocycles. The Bertz CT molecular complexity index is 1320. The maximum absolute atomic E-state index is 13.4. The van der Waals surface area contributed by atoms with E-state index in [-0.39, 0.29) is 5.91 Å². The number of rotatable bonds is 7. The van der Waals surface area contributed by atoms with Gasteiger partial charge in [0.05, 0.1) is 0 Å². The summed E-state index contributed by atoms with van der Waals surface area (Å²) in [7, 11) is 0. The van der Waals surface area contributed by atoms with Crippen molar-refractivity contribution in [2.75, 3.05) is 16.0 Å². The first kappa shape index (κ1) is 24.8. The molecule has 35 heavy (non-hydrogen) atoms. The lowest BCUT2D eigenvalue weighted by atomic mass is 10.1. The first-order valence-corrected chi connectivity index (χ1v) is 12.7. The molecular formula is C28H24ClN3OS2. The summed E-state index contributed by atoms with van der Waals surface area (Å²) in [6.45, 7) is 1.89. The molecule has 1 atom stereocenters. The lowest BCUT2D eigenvalue weighted by Crippen LogP contribution is -2.20. The van der Waals surface area contributed by atoms with E-state index in [9.17, 15) is 4.79 Å². The van der Waals surface area contributed by atoms with Gasteiger partial charge in [-0.25, -0.2) is 0 Å². The maximum atomic E-state index is 13.4. The van der Waals surface area contributed by atoms with E-state index in [1.165, 1.54) is 11.8 Å². The fourth-order valence-corrected chi connectivity index (χ4v) is 4.93. The van der Waals surface area contributed by atoms with Crippen LogP contribution in [0.15, 0.2) is 108 Å². The van der Waals surface area contributed by atoms with Crippen molar-refractivity contribution in [1.29, 1.82) is 0 Å². The Morgan fingerprint density at radius 1 is 0.800 bits per heavy atom. The standard InChI is InChI=1S/C28H24ClN3OS2/c1-19-24(29)16-9-17-25(19)32-27(33)26(20-10-4-2-5-11-20)35-23-15-8-14-22(18-23)31-28(34)30-21-12-6-3-7-13-21/h2-18,26H,1H3,(H,32,33)(H2,30,31,34). The third kappa shape index (κ3) is 6.85. The van der Waals surface area contributed by atoms with Gasteiger partial charge in [0.1, 0.15) is 5.25 Å². The van der Waals surface area contributed by atoms with Crippen molar-refractivity contribution in [2.24, 2.45) is 0 Å². The SMILES string of the molecule is Cc1c(Cl)cccc1NC(=O)C(Sc1cccc(NC(=S)Nc2ccccc2)c1)c1ccccc1. The molecule has 3 N–H and O–H groups in total. The van der Waals surface area contributed by atoms with Crippen LogP contribution >= 0.6 is 35.6 Å². The quantitative estimate of drug-likeness (QED) is 0.172. The van der Waals surface area contributed by atoms with Gasteiger partial charge >= 0.3 is 0 Å². The predicted octanol–water partition coefficient (Wildman–Crippen LogP) is 7.93. The predicted molar refractivity (Wildman–Crippen MR) is 153 cm³/mol. The van der Waals surface area contributed by atoms with E-state index in [0.717, 1.165) is 27.4 Å². The number of para-hydroxylation sites is 1. The van der Waals surface area contributed by atoms with Crippen LogP contribution in [0, 0.1) is 6.92 Å². The average Bonchev–Trinajstić information content (AvgIpc) is 2.86. The number of hydrogen-bond acceptors (Lipinski definition) is 3. The van der Waals surface area contributed by atoms with Crippen LogP contribution in [0.2, 0.25) is 5.02 Å². The summed E-state index contributed by atoms with van der Waals surface area (Å²) in [5.41, 5.74) is 4.20. The number of carbonyl (C=O) groups excluding carboxylic acids is 1. The van der Waals surface area contributed by atoms with Crippen molar-refractivity contribution < 1.29 is 4.79 Å². The van der Waals surface area contributed by atoms with E-state index in [2.05, 4.69) is 16.0 Å². The van der Waals surface area contributed by atoms with Gasteiger partial charge in [0.2, 0.25) is 5.91 Å². The van der Waals surface area contributed by atoms with Crippen molar-refractivity contribution >= 4 is 63.7 Å². The number of thioether (sulfide) groups is 1. The lowest BCUT2D eigenvalue weighted by molar-refractivity contribution is -0.115. The maximum Gasteiger partial charge on any atom is 0.242 e. The zero-order valence-electron chi connectivity index (χ0n) is 19.0. The van der Waals surface area contributed by atoms with Gasteiger partial charge in [0.25, 0.3) is 0 Å². The van der Waals surface area contributed by atoms with Crippen LogP contribution in [-0.2, 0) is 4.79 Å². The van der Waals surface area contributed by atoms with Crippen LogP contribution in [0.4, 0.5) is 17.1 Å². The van der Waals surface area contributed by atoms with E-state index >= 15 is 0 Å². The molecule has 4 rings (SSSR count).